The molecule has 34 heavy (non-hydrogen) atoms. The topological polar surface area (TPSA) is 129 Å². The number of nitrogens with two attached hydrogens (primary N) is 1. The van der Waals surface area contributed by atoms with Crippen LogP contribution in [0.5, 0.6) is 5.75 Å². The van der Waals surface area contributed by atoms with E-state index in [0.29, 0.717) is 25.2 Å². The number of aryl methyl sites for hydroxylation is 1. The van der Waals surface area contributed by atoms with Crippen LogP contribution in [0.1, 0.15) is 24.5 Å². The van der Waals surface area contributed by atoms with E-state index < -0.39 is 6.04 Å². The van der Waals surface area contributed by atoms with Crippen LogP contribution in [0.3, 0.4) is 0 Å². The van der Waals surface area contributed by atoms with E-state index in [2.05, 4.69) is 33.9 Å². The molecule has 2 amide bonds. The summed E-state index contributed by atoms with van der Waals surface area (Å²) >= 11 is 0. The molecular weight excluding hydrogens is 430 g/mol. The van der Waals surface area contributed by atoms with Gasteiger partial charge in [0.05, 0.1) is 23.4 Å². The molecule has 3 atom stereocenters. The van der Waals surface area contributed by atoms with E-state index in [1.807, 2.05) is 18.2 Å². The highest BCUT2D eigenvalue weighted by molar-refractivity contribution is 5.99. The third-order valence-electron chi connectivity index (χ3n) is 6.30. The summed E-state index contributed by atoms with van der Waals surface area (Å²) in [5.74, 6) is -0.163. The van der Waals surface area contributed by atoms with E-state index in [0.717, 1.165) is 22.9 Å². The maximum atomic E-state index is 13.3. The lowest BCUT2D eigenvalue weighted by Crippen LogP contribution is -2.50. The first-order valence-electron chi connectivity index (χ1n) is 11.7. The second-order valence-electron chi connectivity index (χ2n) is 8.82. The molecule has 1 fully saturated rings. The summed E-state index contributed by atoms with van der Waals surface area (Å²) < 4.78 is 0. The van der Waals surface area contributed by atoms with E-state index >= 15 is 0 Å². The number of phenolic OH excluding ortho intramolecular Hbond substituents is 1. The standard InChI is InChI=1S/C26H31N5O3/c1-2-16-5-8-22-19(9-16)12-20(15-29-22)30-26(34)24(10-17-3-6-21(32)7-4-17)31-25(33)23-11-18(13-27)14-28-23/h3-9,12,15,18,23-24,28,32H,2,10-11,13-14,27H2,1H3,(H,30,34)(H,31,33). The number of rotatable bonds is 8. The number of nitrogens with zero attached hydrogens (tertiary/aromatic N) is 1. The minimum absolute atomic E-state index is 0.144. The largest absolute Gasteiger partial charge is 0.508 e. The summed E-state index contributed by atoms with van der Waals surface area (Å²) in [5.41, 5.74) is 9.17. The second kappa shape index (κ2) is 10.6. The van der Waals surface area contributed by atoms with Crippen LogP contribution in [0.25, 0.3) is 10.9 Å². The highest BCUT2D eigenvalue weighted by Gasteiger charge is 2.31. The highest BCUT2D eigenvalue weighted by Crippen LogP contribution is 2.20. The number of phenols is 1. The highest BCUT2D eigenvalue weighted by atomic mass is 16.3. The van der Waals surface area contributed by atoms with Crippen LogP contribution in [0.15, 0.2) is 54.7 Å². The van der Waals surface area contributed by atoms with Gasteiger partial charge in [-0.1, -0.05) is 25.1 Å². The number of pyridine rings is 1. The van der Waals surface area contributed by atoms with Crippen molar-refractivity contribution in [3.05, 3.63) is 65.9 Å². The Bertz CT molecular complexity index is 1160. The summed E-state index contributed by atoms with van der Waals surface area (Å²) in [6.45, 7) is 3.29. The average Bonchev–Trinajstić information content (AvgIpc) is 3.34. The van der Waals surface area contributed by atoms with Crippen LogP contribution >= 0.6 is 0 Å². The molecule has 2 heterocycles. The molecule has 0 radical (unpaired) electrons. The molecule has 6 N–H and O–H groups in total. The lowest BCUT2D eigenvalue weighted by atomic mass is 10.0. The Balaban J connectivity index is 1.52. The number of amides is 2. The molecule has 1 aliphatic rings. The van der Waals surface area contributed by atoms with E-state index in [-0.39, 0.29) is 35.9 Å². The summed E-state index contributed by atoms with van der Waals surface area (Å²) in [5, 5.41) is 19.5. The van der Waals surface area contributed by atoms with Crippen LogP contribution in [-0.4, -0.2) is 47.1 Å². The molecule has 178 valence electrons. The maximum Gasteiger partial charge on any atom is 0.247 e. The normalized spacial score (nSPS) is 18.5. The van der Waals surface area contributed by atoms with Gasteiger partial charge in [0.2, 0.25) is 11.8 Å². The average molecular weight is 462 g/mol. The fourth-order valence-corrected chi connectivity index (χ4v) is 4.24. The van der Waals surface area contributed by atoms with Gasteiger partial charge >= 0.3 is 0 Å². The van der Waals surface area contributed by atoms with Gasteiger partial charge < -0.3 is 26.8 Å². The number of carbonyl (C=O) groups is 2. The number of hydrogen-bond donors (Lipinski definition) is 5. The van der Waals surface area contributed by atoms with Gasteiger partial charge in [0.25, 0.3) is 0 Å². The molecule has 3 unspecified atom stereocenters. The van der Waals surface area contributed by atoms with Gasteiger partial charge in [-0.15, -0.1) is 0 Å². The number of anilines is 1. The van der Waals surface area contributed by atoms with Crippen LogP contribution in [0.4, 0.5) is 5.69 Å². The maximum absolute atomic E-state index is 13.3. The molecule has 0 aliphatic carbocycles. The molecule has 0 bridgehead atoms. The molecule has 3 aromatic rings. The van der Waals surface area contributed by atoms with Gasteiger partial charge in [0.15, 0.2) is 0 Å². The molecule has 8 heteroatoms. The predicted octanol–water partition coefficient (Wildman–Crippen LogP) is 2.11. The van der Waals surface area contributed by atoms with Crippen molar-refractivity contribution in [1.29, 1.82) is 0 Å². The number of aromatic nitrogens is 1. The Morgan fingerprint density at radius 2 is 1.94 bits per heavy atom. The number of hydrogen-bond acceptors (Lipinski definition) is 6. The smallest absolute Gasteiger partial charge is 0.247 e. The van der Waals surface area contributed by atoms with Gasteiger partial charge in [-0.05, 0) is 73.3 Å². The van der Waals surface area contributed by atoms with Crippen molar-refractivity contribution in [2.75, 3.05) is 18.4 Å². The van der Waals surface area contributed by atoms with Crippen LogP contribution in [0.2, 0.25) is 0 Å². The lowest BCUT2D eigenvalue weighted by Gasteiger charge is -2.21. The van der Waals surface area contributed by atoms with Gasteiger partial charge in [-0.2, -0.15) is 0 Å². The van der Waals surface area contributed by atoms with Crippen molar-refractivity contribution < 1.29 is 14.7 Å². The zero-order valence-electron chi connectivity index (χ0n) is 19.3. The first kappa shape index (κ1) is 23.7. The molecule has 1 saturated heterocycles. The Morgan fingerprint density at radius 3 is 2.65 bits per heavy atom. The third kappa shape index (κ3) is 5.70. The lowest BCUT2D eigenvalue weighted by molar-refractivity contribution is -0.127. The van der Waals surface area contributed by atoms with Crippen molar-refractivity contribution in [2.24, 2.45) is 11.7 Å². The van der Waals surface area contributed by atoms with Crippen LogP contribution in [0, 0.1) is 5.92 Å². The van der Waals surface area contributed by atoms with Crippen LogP contribution < -0.4 is 21.7 Å². The van der Waals surface area contributed by atoms with Gasteiger partial charge in [-0.3, -0.25) is 14.6 Å². The zero-order chi connectivity index (χ0) is 24.1. The summed E-state index contributed by atoms with van der Waals surface area (Å²) in [6, 6.07) is 13.4. The minimum Gasteiger partial charge on any atom is -0.508 e. The Labute approximate surface area is 199 Å². The molecule has 8 nitrogen and oxygen atoms in total. The van der Waals surface area contributed by atoms with Gasteiger partial charge in [-0.25, -0.2) is 0 Å². The SMILES string of the molecule is CCc1ccc2ncc(NC(=O)C(Cc3ccc(O)cc3)NC(=O)C3CC(CN)CN3)cc2c1. The summed E-state index contributed by atoms with van der Waals surface area (Å²) in [6.07, 6.45) is 3.46. The van der Waals surface area contributed by atoms with E-state index in [9.17, 15) is 14.7 Å². The summed E-state index contributed by atoms with van der Waals surface area (Å²) in [4.78, 5) is 30.6. The van der Waals surface area contributed by atoms with E-state index in [4.69, 9.17) is 5.73 Å². The first-order chi connectivity index (χ1) is 16.4. The van der Waals surface area contributed by atoms with Crippen molar-refractivity contribution in [1.82, 2.24) is 15.6 Å². The zero-order valence-corrected chi connectivity index (χ0v) is 19.3. The third-order valence-corrected chi connectivity index (χ3v) is 6.30. The first-order valence-corrected chi connectivity index (χ1v) is 11.7. The molecule has 4 rings (SSSR count). The molecule has 0 saturated carbocycles. The van der Waals surface area contributed by atoms with E-state index in [1.165, 1.54) is 5.56 Å². The van der Waals surface area contributed by atoms with Crippen molar-refractivity contribution in [3.8, 4) is 5.75 Å². The number of fused-ring (bicyclic) bond motifs is 1. The van der Waals surface area contributed by atoms with Crippen LogP contribution in [-0.2, 0) is 22.4 Å². The number of aromatic hydroxyl groups is 1. The summed E-state index contributed by atoms with van der Waals surface area (Å²) in [7, 11) is 0. The van der Waals surface area contributed by atoms with Gasteiger partial charge in [0.1, 0.15) is 11.8 Å². The van der Waals surface area contributed by atoms with Crippen molar-refractivity contribution >= 4 is 28.4 Å². The fourth-order valence-electron chi connectivity index (χ4n) is 4.24. The van der Waals surface area contributed by atoms with Gasteiger partial charge in [0, 0.05) is 11.8 Å². The Morgan fingerprint density at radius 1 is 1.18 bits per heavy atom. The molecule has 1 aliphatic heterocycles. The van der Waals surface area contributed by atoms with Crippen molar-refractivity contribution in [3.63, 3.8) is 0 Å². The second-order valence-corrected chi connectivity index (χ2v) is 8.82. The van der Waals surface area contributed by atoms with E-state index in [1.54, 1.807) is 30.5 Å². The molecule has 2 aromatic carbocycles. The minimum atomic E-state index is -0.798. The monoisotopic (exact) mass is 461 g/mol. The molecule has 0 spiro atoms. The van der Waals surface area contributed by atoms with Crippen molar-refractivity contribution in [2.45, 2.75) is 38.3 Å². The number of nitrogens with one attached hydrogen (secondary N) is 3. The fraction of sp³-hybridized carbons (Fsp3) is 0.346. The molecular formula is C26H31N5O3. The Kier molecular flexibility index (Phi) is 7.40. The predicted molar refractivity (Wildman–Crippen MR) is 132 cm³/mol. The molecule has 1 aromatic heterocycles. The number of benzene rings is 2. The Hall–Kier alpha value is -3.49. The quantitative estimate of drug-likeness (QED) is 0.349. The number of carbonyl (C=O) groups excluding carboxylic acids is 2.